The van der Waals surface area contributed by atoms with Crippen LogP contribution < -0.4 is 20.7 Å². The Bertz CT molecular complexity index is 2200. The van der Waals surface area contributed by atoms with Crippen LogP contribution in [0.15, 0.2) is 94.6 Å². The minimum absolute atomic E-state index is 0.0169. The van der Waals surface area contributed by atoms with Crippen molar-refractivity contribution < 1.29 is 37.7 Å². The Morgan fingerprint density at radius 3 is 2.05 bits per heavy atom. The van der Waals surface area contributed by atoms with E-state index in [9.17, 15) is 19.6 Å². The molecule has 320 valence electrons. The van der Waals surface area contributed by atoms with Gasteiger partial charge in [-0.25, -0.2) is 4.79 Å². The van der Waals surface area contributed by atoms with E-state index in [0.29, 0.717) is 17.1 Å². The molecule has 0 radical (unpaired) electrons. The van der Waals surface area contributed by atoms with Crippen molar-refractivity contribution >= 4 is 14.3 Å². The molecule has 4 aromatic rings. The van der Waals surface area contributed by atoms with E-state index in [-0.39, 0.29) is 37.9 Å². The standard InChI is InChI=1S/C45H55N4O10P/c1-29(2)49(30(3)4)60(26-37(50)57-43(6,7)23-24-46)59-39-38-41(48-25-31(5)40(51)47-42(48)52)58-44(39,27-55-38)28-56-45(32-13-11-10-12-14-32,33-15-19-35(53-8)20-16-33)34-17-21-36(54-9)22-18-34/h10-22,25,29-30,38-39,41H,23,26-28H2,1-9H3,(H,47,51,52). The van der Waals surface area contributed by atoms with E-state index in [4.69, 9.17) is 32.9 Å². The lowest BCUT2D eigenvalue weighted by molar-refractivity contribution is -0.203. The third-order valence-corrected chi connectivity index (χ3v) is 13.2. The number of fused-ring (bicyclic) bond motifs is 2. The van der Waals surface area contributed by atoms with E-state index < -0.39 is 60.8 Å². The number of aryl methyl sites for hydroxylation is 1. The zero-order valence-corrected chi connectivity index (χ0v) is 36.6. The number of carbonyl (C=O) groups excluding carboxylic acids is 1. The van der Waals surface area contributed by atoms with Crippen molar-refractivity contribution in [3.63, 3.8) is 0 Å². The molecule has 2 aliphatic heterocycles. The lowest BCUT2D eigenvalue weighted by atomic mass is 9.79. The predicted octanol–water partition coefficient (Wildman–Crippen LogP) is 6.59. The smallest absolute Gasteiger partial charge is 0.330 e. The summed E-state index contributed by atoms with van der Waals surface area (Å²) >= 11 is 0. The molecule has 2 saturated heterocycles. The molecule has 0 saturated carbocycles. The van der Waals surface area contributed by atoms with Crippen molar-refractivity contribution in [1.82, 2.24) is 14.2 Å². The minimum atomic E-state index is -1.76. The molecule has 6 rings (SSSR count). The molecule has 1 aromatic heterocycles. The van der Waals surface area contributed by atoms with E-state index in [0.717, 1.165) is 16.7 Å². The maximum atomic E-state index is 13.7. The molecule has 2 aliphatic rings. The second kappa shape index (κ2) is 18.4. The van der Waals surface area contributed by atoms with Crippen LogP contribution in [0.2, 0.25) is 0 Å². The summed E-state index contributed by atoms with van der Waals surface area (Å²) in [6.07, 6.45) is -1.42. The van der Waals surface area contributed by atoms with Gasteiger partial charge in [0.1, 0.15) is 55.0 Å². The van der Waals surface area contributed by atoms with E-state index >= 15 is 0 Å². The number of H-pyrrole nitrogens is 1. The molecule has 3 heterocycles. The van der Waals surface area contributed by atoms with Crippen LogP contribution in [-0.2, 0) is 33.9 Å². The van der Waals surface area contributed by atoms with Gasteiger partial charge in [-0.15, -0.1) is 0 Å². The molecule has 60 heavy (non-hydrogen) atoms. The third-order valence-electron chi connectivity index (χ3n) is 10.8. The maximum Gasteiger partial charge on any atom is 0.330 e. The van der Waals surface area contributed by atoms with Crippen LogP contribution in [0.25, 0.3) is 0 Å². The first-order valence-corrected chi connectivity index (χ1v) is 21.4. The number of aromatic amines is 1. The van der Waals surface area contributed by atoms with Gasteiger partial charge >= 0.3 is 11.7 Å². The molecular formula is C45H55N4O10P. The summed E-state index contributed by atoms with van der Waals surface area (Å²) in [7, 11) is 1.46. The topological polar surface area (TPSA) is 164 Å². The lowest BCUT2D eigenvalue weighted by Crippen LogP contribution is -2.49. The summed E-state index contributed by atoms with van der Waals surface area (Å²) in [4.78, 5) is 42.1. The van der Waals surface area contributed by atoms with Gasteiger partial charge in [-0.2, -0.15) is 5.26 Å². The number of rotatable bonds is 18. The Labute approximate surface area is 352 Å². The first-order chi connectivity index (χ1) is 28.6. The first kappa shape index (κ1) is 44.7. The van der Waals surface area contributed by atoms with E-state index in [1.165, 1.54) is 10.8 Å². The van der Waals surface area contributed by atoms with Gasteiger partial charge in [-0.05, 0) is 89.4 Å². The highest BCUT2D eigenvalue weighted by molar-refractivity contribution is 7.51. The number of esters is 1. The Morgan fingerprint density at radius 2 is 1.52 bits per heavy atom. The summed E-state index contributed by atoms with van der Waals surface area (Å²) < 4.78 is 48.5. The van der Waals surface area contributed by atoms with Gasteiger partial charge < -0.3 is 32.9 Å². The van der Waals surface area contributed by atoms with Crippen molar-refractivity contribution in [3.05, 3.63) is 128 Å². The molecule has 14 nitrogen and oxygen atoms in total. The number of methoxy groups -OCH3 is 2. The number of nitrogens with zero attached hydrogens (tertiary/aromatic N) is 3. The fraction of sp³-hybridized carbons (Fsp3) is 0.467. The molecule has 0 aliphatic carbocycles. The molecule has 0 spiro atoms. The molecule has 3 aromatic carbocycles. The normalized spacial score (nSPS) is 20.7. The Kier molecular flexibility index (Phi) is 13.7. The van der Waals surface area contributed by atoms with E-state index in [1.54, 1.807) is 35.0 Å². The zero-order valence-electron chi connectivity index (χ0n) is 35.7. The Balaban J connectivity index is 1.49. The van der Waals surface area contributed by atoms with Gasteiger partial charge in [-0.1, -0.05) is 54.6 Å². The van der Waals surface area contributed by atoms with Gasteiger partial charge in [0.15, 0.2) is 6.23 Å². The molecular weight excluding hydrogens is 787 g/mol. The summed E-state index contributed by atoms with van der Waals surface area (Å²) in [6.45, 7) is 13.0. The summed E-state index contributed by atoms with van der Waals surface area (Å²) in [5.74, 6) is 0.818. The second-order valence-electron chi connectivity index (χ2n) is 16.3. The minimum Gasteiger partial charge on any atom is -0.497 e. The second-order valence-corrected chi connectivity index (χ2v) is 18.0. The van der Waals surface area contributed by atoms with Crippen LogP contribution in [-0.4, -0.2) is 89.3 Å². The average Bonchev–Trinajstić information content (AvgIpc) is 3.70. The number of hydrogen-bond acceptors (Lipinski definition) is 12. The van der Waals surface area contributed by atoms with Crippen molar-refractivity contribution in [2.75, 3.05) is 33.6 Å². The number of carbonyl (C=O) groups is 1. The molecule has 15 heteroatoms. The highest BCUT2D eigenvalue weighted by Crippen LogP contribution is 2.55. The maximum absolute atomic E-state index is 13.7. The third kappa shape index (κ3) is 9.08. The molecule has 2 fully saturated rings. The highest BCUT2D eigenvalue weighted by atomic mass is 31.2. The van der Waals surface area contributed by atoms with Gasteiger partial charge in [0.05, 0.1) is 39.9 Å². The summed E-state index contributed by atoms with van der Waals surface area (Å²) in [5.41, 5.74) is -2.07. The number of aromatic nitrogens is 2. The largest absolute Gasteiger partial charge is 0.497 e. The van der Waals surface area contributed by atoms with Crippen LogP contribution in [0, 0.1) is 18.3 Å². The SMILES string of the molecule is COc1ccc(C(OCC23COC(C(n4cc(C)c(=O)[nH]c4=O)O2)C3OP(CC(=O)OC(C)(C)CC#N)N(C(C)C)C(C)C)(c2ccccc2)c2ccc(OC)cc2)cc1. The van der Waals surface area contributed by atoms with E-state index in [1.807, 2.05) is 107 Å². The molecule has 0 amide bonds. The zero-order chi connectivity index (χ0) is 43.4. The average molecular weight is 843 g/mol. The molecule has 2 bridgehead atoms. The van der Waals surface area contributed by atoms with Crippen LogP contribution in [0.5, 0.6) is 11.5 Å². The Morgan fingerprint density at radius 1 is 0.950 bits per heavy atom. The number of nitrogens with one attached hydrogen (secondary N) is 1. The van der Waals surface area contributed by atoms with Crippen LogP contribution in [0.3, 0.4) is 0 Å². The monoisotopic (exact) mass is 842 g/mol. The number of nitriles is 1. The van der Waals surface area contributed by atoms with Gasteiger partial charge in [0.25, 0.3) is 5.56 Å². The quantitative estimate of drug-likeness (QED) is 0.0651. The summed E-state index contributed by atoms with van der Waals surface area (Å²) in [5, 5.41) is 9.39. The van der Waals surface area contributed by atoms with Crippen molar-refractivity contribution in [3.8, 4) is 17.6 Å². The number of benzene rings is 3. The fourth-order valence-corrected chi connectivity index (χ4v) is 10.3. The van der Waals surface area contributed by atoms with Crippen molar-refractivity contribution in [1.29, 1.82) is 5.26 Å². The number of ether oxygens (including phenoxy) is 6. The van der Waals surface area contributed by atoms with Crippen LogP contribution >= 0.6 is 8.30 Å². The predicted molar refractivity (Wildman–Crippen MR) is 226 cm³/mol. The van der Waals surface area contributed by atoms with E-state index in [2.05, 4.69) is 15.7 Å². The van der Waals surface area contributed by atoms with Crippen LogP contribution in [0.4, 0.5) is 0 Å². The first-order valence-electron chi connectivity index (χ1n) is 20.0. The van der Waals surface area contributed by atoms with Gasteiger partial charge in [0, 0.05) is 23.8 Å². The van der Waals surface area contributed by atoms with Crippen LogP contribution in [0.1, 0.15) is 76.4 Å². The van der Waals surface area contributed by atoms with Gasteiger partial charge in [0.2, 0.25) is 0 Å². The van der Waals surface area contributed by atoms with Crippen molar-refractivity contribution in [2.45, 2.75) is 102 Å². The Hall–Kier alpha value is -4.87. The molecule has 1 N–H and O–H groups in total. The summed E-state index contributed by atoms with van der Waals surface area (Å²) in [6, 6.07) is 27.1. The lowest BCUT2D eigenvalue weighted by Gasteiger charge is -2.42. The molecule has 5 atom stereocenters. The highest BCUT2D eigenvalue weighted by Gasteiger charge is 2.65. The number of hydrogen-bond donors (Lipinski definition) is 1. The fourth-order valence-electron chi connectivity index (χ4n) is 8.05. The van der Waals surface area contributed by atoms with Crippen molar-refractivity contribution in [2.24, 2.45) is 0 Å². The molecule has 5 unspecified atom stereocenters. The van der Waals surface area contributed by atoms with Gasteiger partial charge in [-0.3, -0.25) is 23.8 Å².